The van der Waals surface area contributed by atoms with Crippen molar-refractivity contribution in [1.82, 2.24) is 14.6 Å². The number of hydrogen-bond donors (Lipinski definition) is 1. The number of anilines is 1. The molecular formula is C17H20N4. The van der Waals surface area contributed by atoms with Crippen molar-refractivity contribution in [3.05, 3.63) is 59.0 Å². The number of fused-ring (bicyclic) bond motifs is 1. The fourth-order valence-corrected chi connectivity index (χ4v) is 2.58. The summed E-state index contributed by atoms with van der Waals surface area (Å²) >= 11 is 0. The monoisotopic (exact) mass is 280 g/mol. The van der Waals surface area contributed by atoms with E-state index in [0.717, 1.165) is 28.3 Å². The summed E-state index contributed by atoms with van der Waals surface area (Å²) in [6.07, 6.45) is 1.94. The van der Waals surface area contributed by atoms with Gasteiger partial charge in [0.2, 0.25) is 0 Å². The van der Waals surface area contributed by atoms with Crippen LogP contribution in [0.25, 0.3) is 5.65 Å². The van der Waals surface area contributed by atoms with Gasteiger partial charge in [0.1, 0.15) is 0 Å². The molecule has 0 saturated carbocycles. The zero-order valence-corrected chi connectivity index (χ0v) is 12.9. The summed E-state index contributed by atoms with van der Waals surface area (Å²) in [6.45, 7) is 8.31. The Morgan fingerprint density at radius 3 is 2.52 bits per heavy atom. The smallest absolute Gasteiger partial charge is 0.155 e. The number of rotatable bonds is 3. The molecule has 3 rings (SSSR count). The lowest BCUT2D eigenvalue weighted by Gasteiger charge is -2.18. The van der Waals surface area contributed by atoms with E-state index in [1.807, 2.05) is 23.7 Å². The maximum atomic E-state index is 4.50. The predicted octanol–water partition coefficient (Wildman–Crippen LogP) is 3.83. The zero-order valence-electron chi connectivity index (χ0n) is 12.9. The van der Waals surface area contributed by atoms with E-state index in [-0.39, 0.29) is 6.04 Å². The van der Waals surface area contributed by atoms with Crippen molar-refractivity contribution in [3.63, 3.8) is 0 Å². The van der Waals surface area contributed by atoms with Crippen LogP contribution < -0.4 is 5.32 Å². The average Bonchev–Trinajstić information content (AvgIpc) is 2.83. The Bertz CT molecular complexity index is 771. The Balaban J connectivity index is 1.92. The van der Waals surface area contributed by atoms with Crippen LogP contribution in [0.1, 0.15) is 35.5 Å². The lowest BCUT2D eigenvalue weighted by molar-refractivity contribution is 0.798. The molecular weight excluding hydrogens is 260 g/mol. The molecule has 1 N–H and O–H groups in total. The predicted molar refractivity (Wildman–Crippen MR) is 85.7 cm³/mol. The van der Waals surface area contributed by atoms with Crippen LogP contribution in [0.4, 0.5) is 5.69 Å². The van der Waals surface area contributed by atoms with Crippen molar-refractivity contribution in [3.8, 4) is 0 Å². The van der Waals surface area contributed by atoms with E-state index in [1.54, 1.807) is 0 Å². The van der Waals surface area contributed by atoms with Crippen LogP contribution in [-0.2, 0) is 0 Å². The van der Waals surface area contributed by atoms with Gasteiger partial charge in [-0.3, -0.25) is 0 Å². The van der Waals surface area contributed by atoms with Crippen LogP contribution in [0.2, 0.25) is 0 Å². The van der Waals surface area contributed by atoms with Gasteiger partial charge in [-0.05, 0) is 39.8 Å². The third kappa shape index (κ3) is 2.61. The molecule has 0 saturated heterocycles. The summed E-state index contributed by atoms with van der Waals surface area (Å²) in [5.74, 6) is 0. The standard InChI is InChI=1S/C17H20N4/c1-11-5-7-15(8-6-11)19-13(3)16-10-18-17-9-12(2)20-21(17)14(16)4/h5-10,13,19H,1-4H3. The second kappa shape index (κ2) is 5.20. The maximum Gasteiger partial charge on any atom is 0.155 e. The highest BCUT2D eigenvalue weighted by atomic mass is 15.3. The molecule has 21 heavy (non-hydrogen) atoms. The third-order valence-electron chi connectivity index (χ3n) is 3.79. The number of aryl methyl sites for hydroxylation is 3. The van der Waals surface area contributed by atoms with Gasteiger partial charge >= 0.3 is 0 Å². The van der Waals surface area contributed by atoms with E-state index in [9.17, 15) is 0 Å². The molecule has 2 heterocycles. The minimum absolute atomic E-state index is 0.175. The van der Waals surface area contributed by atoms with Gasteiger partial charge in [-0.1, -0.05) is 17.7 Å². The second-order valence-corrected chi connectivity index (χ2v) is 5.59. The van der Waals surface area contributed by atoms with E-state index >= 15 is 0 Å². The Labute approximate surface area is 124 Å². The van der Waals surface area contributed by atoms with Crippen LogP contribution >= 0.6 is 0 Å². The number of benzene rings is 1. The van der Waals surface area contributed by atoms with Gasteiger partial charge in [0.05, 0.1) is 11.7 Å². The van der Waals surface area contributed by atoms with Crippen LogP contribution in [-0.4, -0.2) is 14.6 Å². The van der Waals surface area contributed by atoms with Gasteiger partial charge in [0, 0.05) is 29.2 Å². The molecule has 3 aromatic rings. The topological polar surface area (TPSA) is 42.2 Å². The summed E-state index contributed by atoms with van der Waals surface area (Å²) in [7, 11) is 0. The van der Waals surface area contributed by atoms with Crippen LogP contribution in [0, 0.1) is 20.8 Å². The molecule has 0 spiro atoms. The summed E-state index contributed by atoms with van der Waals surface area (Å²) in [4.78, 5) is 4.50. The van der Waals surface area contributed by atoms with Crippen LogP contribution in [0.5, 0.6) is 0 Å². The molecule has 2 aromatic heterocycles. The SMILES string of the molecule is Cc1ccc(NC(C)c2cnc3cc(C)nn3c2C)cc1. The summed E-state index contributed by atoms with van der Waals surface area (Å²) in [5, 5.41) is 8.02. The van der Waals surface area contributed by atoms with Crippen LogP contribution in [0.15, 0.2) is 36.5 Å². The lowest BCUT2D eigenvalue weighted by Crippen LogP contribution is -2.11. The Hall–Kier alpha value is -2.36. The minimum Gasteiger partial charge on any atom is -0.378 e. The van der Waals surface area contributed by atoms with Crippen molar-refractivity contribution in [1.29, 1.82) is 0 Å². The number of nitrogens with one attached hydrogen (secondary N) is 1. The summed E-state index contributed by atoms with van der Waals surface area (Å²) in [5.41, 5.74) is 6.55. The van der Waals surface area contributed by atoms with Crippen molar-refractivity contribution in [2.45, 2.75) is 33.7 Å². The summed E-state index contributed by atoms with van der Waals surface area (Å²) in [6, 6.07) is 10.6. The van der Waals surface area contributed by atoms with E-state index in [0.29, 0.717) is 0 Å². The second-order valence-electron chi connectivity index (χ2n) is 5.59. The lowest BCUT2D eigenvalue weighted by atomic mass is 10.1. The van der Waals surface area contributed by atoms with Gasteiger partial charge in [-0.2, -0.15) is 5.10 Å². The highest BCUT2D eigenvalue weighted by Crippen LogP contribution is 2.22. The van der Waals surface area contributed by atoms with E-state index in [1.165, 1.54) is 5.56 Å². The molecule has 0 aliphatic carbocycles. The van der Waals surface area contributed by atoms with Gasteiger partial charge < -0.3 is 5.32 Å². The zero-order chi connectivity index (χ0) is 15.0. The first kappa shape index (κ1) is 13.6. The molecule has 0 fully saturated rings. The van der Waals surface area contributed by atoms with Gasteiger partial charge in [0.25, 0.3) is 0 Å². The minimum atomic E-state index is 0.175. The largest absolute Gasteiger partial charge is 0.378 e. The number of nitrogens with zero attached hydrogens (tertiary/aromatic N) is 3. The quantitative estimate of drug-likeness (QED) is 0.793. The first-order valence-corrected chi connectivity index (χ1v) is 7.19. The van der Waals surface area contributed by atoms with Crippen molar-refractivity contribution in [2.75, 3.05) is 5.32 Å². The van der Waals surface area contributed by atoms with Crippen molar-refractivity contribution < 1.29 is 0 Å². The highest BCUT2D eigenvalue weighted by Gasteiger charge is 2.13. The fourth-order valence-electron chi connectivity index (χ4n) is 2.58. The molecule has 0 amide bonds. The van der Waals surface area contributed by atoms with Crippen molar-refractivity contribution in [2.24, 2.45) is 0 Å². The molecule has 1 aromatic carbocycles. The molecule has 1 atom stereocenters. The third-order valence-corrected chi connectivity index (χ3v) is 3.79. The fraction of sp³-hybridized carbons (Fsp3) is 0.294. The first-order valence-electron chi connectivity index (χ1n) is 7.19. The molecule has 1 unspecified atom stereocenters. The van der Waals surface area contributed by atoms with Crippen molar-refractivity contribution >= 4 is 11.3 Å². The van der Waals surface area contributed by atoms with E-state index < -0.39 is 0 Å². The normalized spacial score (nSPS) is 12.6. The highest BCUT2D eigenvalue weighted by molar-refractivity contribution is 5.48. The Morgan fingerprint density at radius 2 is 1.81 bits per heavy atom. The van der Waals surface area contributed by atoms with E-state index in [4.69, 9.17) is 0 Å². The first-order chi connectivity index (χ1) is 10.0. The summed E-state index contributed by atoms with van der Waals surface area (Å²) < 4.78 is 1.91. The van der Waals surface area contributed by atoms with Gasteiger partial charge in [-0.25, -0.2) is 9.50 Å². The molecule has 108 valence electrons. The molecule has 4 nitrogen and oxygen atoms in total. The van der Waals surface area contributed by atoms with Gasteiger partial charge in [0.15, 0.2) is 5.65 Å². The average molecular weight is 280 g/mol. The molecule has 4 heteroatoms. The number of hydrogen-bond acceptors (Lipinski definition) is 3. The Morgan fingerprint density at radius 1 is 1.10 bits per heavy atom. The molecule has 0 aliphatic heterocycles. The Kier molecular flexibility index (Phi) is 3.37. The van der Waals surface area contributed by atoms with Gasteiger partial charge in [-0.15, -0.1) is 0 Å². The molecule has 0 radical (unpaired) electrons. The van der Waals surface area contributed by atoms with E-state index in [2.05, 4.69) is 60.4 Å². The molecule has 0 bridgehead atoms. The molecule has 0 aliphatic rings. The maximum absolute atomic E-state index is 4.50. The number of aromatic nitrogens is 3. The van der Waals surface area contributed by atoms with Crippen LogP contribution in [0.3, 0.4) is 0 Å².